The van der Waals surface area contributed by atoms with Gasteiger partial charge in [-0.15, -0.1) is 0 Å². The Kier molecular flexibility index (Phi) is 3.20. The van der Waals surface area contributed by atoms with Gasteiger partial charge < -0.3 is 5.73 Å². The summed E-state index contributed by atoms with van der Waals surface area (Å²) in [5.41, 5.74) is 5.36. The zero-order valence-electron chi connectivity index (χ0n) is 5.77. The van der Waals surface area contributed by atoms with Gasteiger partial charge in [0.15, 0.2) is 0 Å². The minimum absolute atomic E-state index is 0.297. The molecule has 64 valence electrons. The number of benzene rings is 1. The SMILES string of the molecule is NC(=O)c1ccc(Cl)c(I)c1Cl. The number of carbonyl (C=O) groups is 1. The van der Waals surface area contributed by atoms with Crippen LogP contribution in [0.1, 0.15) is 10.4 Å². The molecule has 0 fully saturated rings. The van der Waals surface area contributed by atoms with Crippen LogP contribution in [-0.2, 0) is 0 Å². The maximum Gasteiger partial charge on any atom is 0.250 e. The standard InChI is InChI=1S/C7H4Cl2INO/c8-4-2-1-3(7(11)12)5(9)6(4)10/h1-2H,(H2,11,12). The van der Waals surface area contributed by atoms with E-state index >= 15 is 0 Å². The van der Waals surface area contributed by atoms with Gasteiger partial charge in [-0.05, 0) is 34.7 Å². The summed E-state index contributed by atoms with van der Waals surface area (Å²) in [4.78, 5) is 10.8. The molecular formula is C7H4Cl2INO. The number of carbonyl (C=O) groups excluding carboxylic acids is 1. The molecule has 0 aromatic heterocycles. The molecule has 1 aromatic rings. The van der Waals surface area contributed by atoms with Crippen molar-refractivity contribution in [3.63, 3.8) is 0 Å². The Morgan fingerprint density at radius 3 is 2.50 bits per heavy atom. The average molecular weight is 316 g/mol. The molecular weight excluding hydrogens is 312 g/mol. The van der Waals surface area contributed by atoms with E-state index in [1.807, 2.05) is 22.6 Å². The number of nitrogens with two attached hydrogens (primary N) is 1. The zero-order chi connectivity index (χ0) is 9.30. The fourth-order valence-electron chi connectivity index (χ4n) is 0.716. The smallest absolute Gasteiger partial charge is 0.250 e. The summed E-state index contributed by atoms with van der Waals surface area (Å²) in [7, 11) is 0. The molecule has 1 amide bonds. The lowest BCUT2D eigenvalue weighted by Gasteiger charge is -2.02. The molecule has 0 aliphatic heterocycles. The quantitative estimate of drug-likeness (QED) is 0.628. The van der Waals surface area contributed by atoms with Crippen molar-refractivity contribution in [2.45, 2.75) is 0 Å². The van der Waals surface area contributed by atoms with Crippen LogP contribution in [0.25, 0.3) is 0 Å². The summed E-state index contributed by atoms with van der Waals surface area (Å²) in [6.45, 7) is 0. The molecule has 0 heterocycles. The molecule has 0 aliphatic rings. The number of hydrogen-bond donors (Lipinski definition) is 1. The van der Waals surface area contributed by atoms with E-state index in [2.05, 4.69) is 0 Å². The molecule has 5 heteroatoms. The first-order valence-corrected chi connectivity index (χ1v) is 4.81. The van der Waals surface area contributed by atoms with E-state index in [9.17, 15) is 4.79 Å². The van der Waals surface area contributed by atoms with Crippen LogP contribution in [0.2, 0.25) is 10.0 Å². The molecule has 0 saturated heterocycles. The Bertz CT molecular complexity index is 340. The molecule has 0 unspecified atom stereocenters. The summed E-state index contributed by atoms with van der Waals surface area (Å²) in [6.07, 6.45) is 0. The minimum atomic E-state index is -0.547. The first-order valence-electron chi connectivity index (χ1n) is 2.97. The largest absolute Gasteiger partial charge is 0.366 e. The highest BCUT2D eigenvalue weighted by atomic mass is 127. The van der Waals surface area contributed by atoms with Gasteiger partial charge in [-0.2, -0.15) is 0 Å². The Hall–Kier alpha value is -0.0000000000000000555. The summed E-state index contributed by atoms with van der Waals surface area (Å²) in [5, 5.41) is 0.834. The Morgan fingerprint density at radius 2 is 2.00 bits per heavy atom. The fraction of sp³-hybridized carbons (Fsp3) is 0. The second kappa shape index (κ2) is 3.81. The summed E-state index contributed by atoms with van der Waals surface area (Å²) in [5.74, 6) is -0.547. The van der Waals surface area contributed by atoms with Crippen LogP contribution in [0.3, 0.4) is 0 Å². The van der Waals surface area contributed by atoms with E-state index in [-0.39, 0.29) is 0 Å². The van der Waals surface area contributed by atoms with Gasteiger partial charge in [0.05, 0.1) is 19.2 Å². The fourth-order valence-corrected chi connectivity index (χ4v) is 1.65. The maximum atomic E-state index is 10.8. The van der Waals surface area contributed by atoms with Crippen LogP contribution in [0, 0.1) is 3.57 Å². The lowest BCUT2D eigenvalue weighted by molar-refractivity contribution is 0.100. The van der Waals surface area contributed by atoms with E-state index in [0.29, 0.717) is 19.2 Å². The van der Waals surface area contributed by atoms with Gasteiger partial charge in [-0.25, -0.2) is 0 Å². The highest BCUT2D eigenvalue weighted by Gasteiger charge is 2.11. The topological polar surface area (TPSA) is 43.1 Å². The average Bonchev–Trinajstić information content (AvgIpc) is 2.00. The second-order valence-electron chi connectivity index (χ2n) is 2.09. The molecule has 0 saturated carbocycles. The van der Waals surface area contributed by atoms with Gasteiger partial charge in [0.1, 0.15) is 0 Å². The molecule has 0 bridgehead atoms. The van der Waals surface area contributed by atoms with Crippen LogP contribution in [-0.4, -0.2) is 5.91 Å². The van der Waals surface area contributed by atoms with Gasteiger partial charge in [0.25, 0.3) is 0 Å². The third-order valence-electron chi connectivity index (χ3n) is 1.30. The third-order valence-corrected chi connectivity index (χ3v) is 3.77. The maximum absolute atomic E-state index is 10.8. The molecule has 0 spiro atoms. The van der Waals surface area contributed by atoms with E-state index in [1.165, 1.54) is 6.07 Å². The number of halogens is 3. The lowest BCUT2D eigenvalue weighted by atomic mass is 10.2. The van der Waals surface area contributed by atoms with Crippen LogP contribution in [0.15, 0.2) is 12.1 Å². The molecule has 2 nitrogen and oxygen atoms in total. The normalized spacial score (nSPS) is 9.92. The summed E-state index contributed by atoms with van der Waals surface area (Å²) >= 11 is 13.5. The molecule has 12 heavy (non-hydrogen) atoms. The number of rotatable bonds is 1. The summed E-state index contributed by atoms with van der Waals surface area (Å²) < 4.78 is 0.646. The van der Waals surface area contributed by atoms with Crippen molar-refractivity contribution in [1.29, 1.82) is 0 Å². The van der Waals surface area contributed by atoms with Gasteiger partial charge >= 0.3 is 0 Å². The Morgan fingerprint density at radius 1 is 1.42 bits per heavy atom. The highest BCUT2D eigenvalue weighted by molar-refractivity contribution is 14.1. The van der Waals surface area contributed by atoms with Crippen molar-refractivity contribution in [3.05, 3.63) is 31.3 Å². The van der Waals surface area contributed by atoms with Crippen LogP contribution in [0.4, 0.5) is 0 Å². The first kappa shape index (κ1) is 10.1. The van der Waals surface area contributed by atoms with Crippen molar-refractivity contribution >= 4 is 51.7 Å². The Balaban J connectivity index is 3.36. The lowest BCUT2D eigenvalue weighted by Crippen LogP contribution is -2.11. The molecule has 1 aromatic carbocycles. The van der Waals surface area contributed by atoms with E-state index < -0.39 is 5.91 Å². The third kappa shape index (κ3) is 1.84. The number of amides is 1. The zero-order valence-corrected chi connectivity index (χ0v) is 9.44. The van der Waals surface area contributed by atoms with E-state index in [4.69, 9.17) is 28.9 Å². The number of hydrogen-bond acceptors (Lipinski definition) is 1. The van der Waals surface area contributed by atoms with Crippen LogP contribution < -0.4 is 5.73 Å². The van der Waals surface area contributed by atoms with Crippen molar-refractivity contribution < 1.29 is 4.79 Å². The molecule has 0 aliphatic carbocycles. The Labute approximate surface area is 93.2 Å². The van der Waals surface area contributed by atoms with Gasteiger partial charge in [0.2, 0.25) is 5.91 Å². The number of primary amides is 1. The predicted molar refractivity (Wildman–Crippen MR) is 57.7 cm³/mol. The van der Waals surface area contributed by atoms with E-state index in [1.54, 1.807) is 6.07 Å². The van der Waals surface area contributed by atoms with Gasteiger partial charge in [-0.3, -0.25) is 4.79 Å². The van der Waals surface area contributed by atoms with Crippen molar-refractivity contribution in [2.24, 2.45) is 5.73 Å². The molecule has 0 atom stereocenters. The monoisotopic (exact) mass is 315 g/mol. The highest BCUT2D eigenvalue weighted by Crippen LogP contribution is 2.28. The van der Waals surface area contributed by atoms with Crippen LogP contribution >= 0.6 is 45.8 Å². The minimum Gasteiger partial charge on any atom is -0.366 e. The van der Waals surface area contributed by atoms with Crippen LogP contribution in [0.5, 0.6) is 0 Å². The second-order valence-corrected chi connectivity index (χ2v) is 3.95. The summed E-state index contributed by atoms with van der Waals surface area (Å²) in [6, 6.07) is 3.10. The van der Waals surface area contributed by atoms with Gasteiger partial charge in [0, 0.05) is 0 Å². The first-order chi connectivity index (χ1) is 5.54. The molecule has 1 rings (SSSR count). The van der Waals surface area contributed by atoms with E-state index in [0.717, 1.165) is 0 Å². The predicted octanol–water partition coefficient (Wildman–Crippen LogP) is 2.70. The van der Waals surface area contributed by atoms with Crippen molar-refractivity contribution in [1.82, 2.24) is 0 Å². The van der Waals surface area contributed by atoms with Crippen molar-refractivity contribution in [3.8, 4) is 0 Å². The van der Waals surface area contributed by atoms with Gasteiger partial charge in [-0.1, -0.05) is 23.2 Å². The molecule has 0 radical (unpaired) electrons. The van der Waals surface area contributed by atoms with Crippen molar-refractivity contribution in [2.75, 3.05) is 0 Å². The molecule has 2 N–H and O–H groups in total.